The first-order valence-corrected chi connectivity index (χ1v) is 9.62. The minimum Gasteiger partial charge on any atom is -0.370 e. The van der Waals surface area contributed by atoms with Crippen molar-refractivity contribution in [3.8, 4) is 0 Å². The second kappa shape index (κ2) is 7.67. The molecule has 3 aromatic rings. The van der Waals surface area contributed by atoms with E-state index < -0.39 is 0 Å². The summed E-state index contributed by atoms with van der Waals surface area (Å²) in [7, 11) is 0. The second-order valence-corrected chi connectivity index (χ2v) is 7.39. The molecule has 1 saturated heterocycles. The number of ether oxygens (including phenoxy) is 1. The summed E-state index contributed by atoms with van der Waals surface area (Å²) < 4.78 is 7.66. The molecular formula is C16H15ClN6OS2. The molecule has 0 radical (unpaired) electrons. The van der Waals surface area contributed by atoms with Crippen LogP contribution in [-0.4, -0.2) is 32.7 Å². The Morgan fingerprint density at radius 1 is 1.42 bits per heavy atom. The van der Waals surface area contributed by atoms with E-state index in [0.717, 1.165) is 30.0 Å². The Morgan fingerprint density at radius 3 is 3.04 bits per heavy atom. The number of rotatable bonds is 5. The fraction of sp³-hybridized carbons (Fsp3) is 0.250. The Bertz CT molecular complexity index is 974. The number of nitrogens with zero attached hydrogens (tertiary/aromatic N) is 4. The van der Waals surface area contributed by atoms with E-state index in [4.69, 9.17) is 28.6 Å². The number of nitrogens with one attached hydrogen (secondary N) is 2. The molecule has 0 unspecified atom stereocenters. The molecule has 0 aliphatic carbocycles. The molecule has 3 heterocycles. The molecule has 4 rings (SSSR count). The molecule has 1 aromatic carbocycles. The molecule has 1 aliphatic rings. The summed E-state index contributed by atoms with van der Waals surface area (Å²) in [6, 6.07) is 9.78. The van der Waals surface area contributed by atoms with Crippen molar-refractivity contribution in [3.05, 3.63) is 51.0 Å². The maximum Gasteiger partial charge on any atom is 0.216 e. The van der Waals surface area contributed by atoms with Crippen LogP contribution in [0.3, 0.4) is 0 Å². The maximum absolute atomic E-state index is 6.24. The number of para-hydroxylation sites is 1. The van der Waals surface area contributed by atoms with Gasteiger partial charge in [-0.2, -0.15) is 14.9 Å². The Balaban J connectivity index is 1.56. The Hall–Kier alpha value is -2.07. The molecule has 0 spiro atoms. The topological polar surface area (TPSA) is 80.1 Å². The number of aromatic amines is 1. The van der Waals surface area contributed by atoms with Crippen LogP contribution in [0.25, 0.3) is 0 Å². The fourth-order valence-corrected chi connectivity index (χ4v) is 3.84. The van der Waals surface area contributed by atoms with E-state index in [9.17, 15) is 0 Å². The van der Waals surface area contributed by atoms with Crippen LogP contribution in [0.5, 0.6) is 0 Å². The molecule has 0 amide bonds. The van der Waals surface area contributed by atoms with Gasteiger partial charge in [0.2, 0.25) is 4.77 Å². The first-order valence-electron chi connectivity index (χ1n) is 8.02. The van der Waals surface area contributed by atoms with Crippen LogP contribution < -0.4 is 5.32 Å². The molecule has 2 N–H and O–H groups in total. The molecule has 7 nitrogen and oxygen atoms in total. The zero-order chi connectivity index (χ0) is 17.9. The zero-order valence-corrected chi connectivity index (χ0v) is 15.9. The van der Waals surface area contributed by atoms with E-state index in [1.807, 2.05) is 30.3 Å². The average Bonchev–Trinajstić information content (AvgIpc) is 3.35. The number of hydrogen-bond acceptors (Lipinski definition) is 7. The summed E-state index contributed by atoms with van der Waals surface area (Å²) in [5.74, 6) is 0.673. The first-order chi connectivity index (χ1) is 12.7. The lowest BCUT2D eigenvalue weighted by Gasteiger charge is -2.06. The molecule has 0 saturated carbocycles. The van der Waals surface area contributed by atoms with Gasteiger partial charge in [0, 0.05) is 12.3 Å². The van der Waals surface area contributed by atoms with Gasteiger partial charge in [0.15, 0.2) is 16.1 Å². The Labute approximate surface area is 163 Å². The maximum atomic E-state index is 6.24. The lowest BCUT2D eigenvalue weighted by atomic mass is 10.2. The molecule has 2 aromatic heterocycles. The van der Waals surface area contributed by atoms with E-state index in [2.05, 4.69) is 25.6 Å². The van der Waals surface area contributed by atoms with Crippen LogP contribution in [-0.2, 0) is 4.74 Å². The first kappa shape index (κ1) is 17.3. The van der Waals surface area contributed by atoms with Crippen molar-refractivity contribution in [2.75, 3.05) is 11.9 Å². The zero-order valence-electron chi connectivity index (χ0n) is 13.6. The van der Waals surface area contributed by atoms with Gasteiger partial charge in [0.05, 0.1) is 11.1 Å². The summed E-state index contributed by atoms with van der Waals surface area (Å²) >= 11 is 12.9. The smallest absolute Gasteiger partial charge is 0.216 e. The van der Waals surface area contributed by atoms with Crippen molar-refractivity contribution >= 4 is 52.2 Å². The summed E-state index contributed by atoms with van der Waals surface area (Å²) in [6.07, 6.45) is 3.46. The largest absolute Gasteiger partial charge is 0.370 e. The van der Waals surface area contributed by atoms with Gasteiger partial charge in [-0.3, -0.25) is 5.10 Å². The average molecular weight is 407 g/mol. The quantitative estimate of drug-likeness (QED) is 0.480. The minimum absolute atomic E-state index is 0.0904. The highest BCUT2D eigenvalue weighted by Crippen LogP contribution is 2.29. The monoisotopic (exact) mass is 406 g/mol. The molecule has 0 bridgehead atoms. The number of thiazole rings is 1. The van der Waals surface area contributed by atoms with Gasteiger partial charge in [-0.05, 0) is 37.2 Å². The highest BCUT2D eigenvalue weighted by molar-refractivity contribution is 7.71. The molecule has 10 heteroatoms. The summed E-state index contributed by atoms with van der Waals surface area (Å²) in [6.45, 7) is 0.725. The van der Waals surface area contributed by atoms with Crippen LogP contribution in [0.2, 0.25) is 5.15 Å². The van der Waals surface area contributed by atoms with E-state index >= 15 is 0 Å². The van der Waals surface area contributed by atoms with E-state index in [-0.39, 0.29) is 6.10 Å². The standard InChI is InChI=1S/C16H15ClN6OS2/c17-13-12(26-15(20-13)19-10-5-2-1-3-6-10)9-18-23-14(21-22-16(23)25)11-7-4-8-24-11/h1-3,5-6,9,11H,4,7-8H2,(H,19,20)(H,22,25)/b18-9+/t11-/m1/s1. The van der Waals surface area contributed by atoms with Crippen LogP contribution in [0.15, 0.2) is 35.4 Å². The van der Waals surface area contributed by atoms with Gasteiger partial charge in [0.1, 0.15) is 6.10 Å². The third-order valence-electron chi connectivity index (χ3n) is 3.82. The fourth-order valence-electron chi connectivity index (χ4n) is 2.61. The van der Waals surface area contributed by atoms with Gasteiger partial charge in [-0.25, -0.2) is 4.98 Å². The predicted molar refractivity (Wildman–Crippen MR) is 105 cm³/mol. The van der Waals surface area contributed by atoms with Crippen molar-refractivity contribution < 1.29 is 4.74 Å². The third-order valence-corrected chi connectivity index (χ3v) is 5.39. The highest BCUT2D eigenvalue weighted by atomic mass is 35.5. The molecule has 134 valence electrons. The van der Waals surface area contributed by atoms with E-state index in [1.54, 1.807) is 10.9 Å². The molecule has 1 atom stereocenters. The van der Waals surface area contributed by atoms with Crippen molar-refractivity contribution in [1.82, 2.24) is 19.9 Å². The van der Waals surface area contributed by atoms with Crippen molar-refractivity contribution in [2.24, 2.45) is 5.10 Å². The van der Waals surface area contributed by atoms with Gasteiger partial charge in [-0.1, -0.05) is 41.1 Å². The van der Waals surface area contributed by atoms with Crippen LogP contribution in [0.1, 0.15) is 29.6 Å². The van der Waals surface area contributed by atoms with Crippen molar-refractivity contribution in [1.29, 1.82) is 0 Å². The van der Waals surface area contributed by atoms with Crippen molar-refractivity contribution in [3.63, 3.8) is 0 Å². The minimum atomic E-state index is -0.0904. The molecule has 26 heavy (non-hydrogen) atoms. The van der Waals surface area contributed by atoms with E-state index in [0.29, 0.717) is 20.9 Å². The number of aromatic nitrogens is 4. The summed E-state index contributed by atoms with van der Waals surface area (Å²) in [5.41, 5.74) is 0.944. The van der Waals surface area contributed by atoms with Gasteiger partial charge in [-0.15, -0.1) is 0 Å². The normalized spacial score (nSPS) is 17.2. The van der Waals surface area contributed by atoms with Crippen LogP contribution >= 0.6 is 35.2 Å². The van der Waals surface area contributed by atoms with Gasteiger partial charge < -0.3 is 10.1 Å². The van der Waals surface area contributed by atoms with Crippen LogP contribution in [0, 0.1) is 4.77 Å². The number of H-pyrrole nitrogens is 1. The SMILES string of the molecule is S=c1[nH]nc([C@H]2CCCO2)n1/N=C/c1sc(Nc2ccccc2)nc1Cl. The summed E-state index contributed by atoms with van der Waals surface area (Å²) in [4.78, 5) is 5.05. The highest BCUT2D eigenvalue weighted by Gasteiger charge is 2.23. The predicted octanol–water partition coefficient (Wildman–Crippen LogP) is 4.53. The molecule has 1 fully saturated rings. The molecule has 1 aliphatic heterocycles. The van der Waals surface area contributed by atoms with Gasteiger partial charge >= 0.3 is 0 Å². The molecular weight excluding hydrogens is 392 g/mol. The van der Waals surface area contributed by atoms with Gasteiger partial charge in [0.25, 0.3) is 0 Å². The Morgan fingerprint density at radius 2 is 2.27 bits per heavy atom. The number of benzene rings is 1. The second-order valence-electron chi connectivity index (χ2n) is 5.61. The summed E-state index contributed by atoms with van der Waals surface area (Å²) in [5, 5.41) is 15.7. The number of hydrogen-bond donors (Lipinski definition) is 2. The number of halogens is 1. The third kappa shape index (κ3) is 3.70. The van der Waals surface area contributed by atoms with E-state index in [1.165, 1.54) is 11.3 Å². The van der Waals surface area contributed by atoms with Crippen molar-refractivity contribution in [2.45, 2.75) is 18.9 Å². The number of anilines is 2. The van der Waals surface area contributed by atoms with Crippen LogP contribution in [0.4, 0.5) is 10.8 Å². The Kier molecular flexibility index (Phi) is 5.11. The lowest BCUT2D eigenvalue weighted by molar-refractivity contribution is 0.102. The lowest BCUT2D eigenvalue weighted by Crippen LogP contribution is -2.05.